The van der Waals surface area contributed by atoms with Gasteiger partial charge in [-0.2, -0.15) is 0 Å². The number of nitrogens with one attached hydrogen (secondary N) is 1. The quantitative estimate of drug-likeness (QED) is 0.686. The standard InChI is InChI=1S/C19H17N3O4/c1-25-19(24)14-7-9-15(10-8-14)20-16(23)11-12-17-21-22-18(26-17)13-5-3-2-4-6-13/h2-10H,11-12H2,1H3,(H,20,23). The summed E-state index contributed by atoms with van der Waals surface area (Å²) in [5, 5.41) is 10.7. The van der Waals surface area contributed by atoms with Gasteiger partial charge in [0.2, 0.25) is 17.7 Å². The SMILES string of the molecule is COC(=O)c1ccc(NC(=O)CCc2nnc(-c3ccccc3)o2)cc1. The molecule has 1 N–H and O–H groups in total. The molecule has 7 nitrogen and oxygen atoms in total. The molecule has 0 atom stereocenters. The molecular formula is C19H17N3O4. The van der Waals surface area contributed by atoms with E-state index in [1.54, 1.807) is 24.3 Å². The molecule has 1 amide bonds. The molecule has 3 rings (SSSR count). The minimum atomic E-state index is -0.423. The number of amides is 1. The summed E-state index contributed by atoms with van der Waals surface area (Å²) in [6, 6.07) is 15.9. The molecule has 132 valence electrons. The van der Waals surface area contributed by atoms with E-state index in [4.69, 9.17) is 4.42 Å². The van der Waals surface area contributed by atoms with E-state index in [-0.39, 0.29) is 12.3 Å². The van der Waals surface area contributed by atoms with Crippen LogP contribution in [-0.4, -0.2) is 29.2 Å². The lowest BCUT2D eigenvalue weighted by Crippen LogP contribution is -2.12. The molecule has 0 saturated carbocycles. The second-order valence-corrected chi connectivity index (χ2v) is 5.48. The Labute approximate surface area is 150 Å². The normalized spacial score (nSPS) is 10.3. The van der Waals surface area contributed by atoms with E-state index in [1.165, 1.54) is 7.11 Å². The largest absolute Gasteiger partial charge is 0.465 e. The summed E-state index contributed by atoms with van der Waals surface area (Å²) < 4.78 is 10.2. The number of nitrogens with zero attached hydrogens (tertiary/aromatic N) is 2. The van der Waals surface area contributed by atoms with Crippen molar-refractivity contribution in [3.8, 4) is 11.5 Å². The Bertz CT molecular complexity index is 889. The van der Waals surface area contributed by atoms with E-state index in [2.05, 4.69) is 20.3 Å². The van der Waals surface area contributed by atoms with Gasteiger partial charge in [0.05, 0.1) is 12.7 Å². The highest BCUT2D eigenvalue weighted by molar-refractivity contribution is 5.93. The predicted octanol–water partition coefficient (Wildman–Crippen LogP) is 3.09. The van der Waals surface area contributed by atoms with Gasteiger partial charge < -0.3 is 14.5 Å². The van der Waals surface area contributed by atoms with E-state index in [0.29, 0.717) is 29.5 Å². The number of rotatable bonds is 6. The Morgan fingerprint density at radius 2 is 1.77 bits per heavy atom. The Morgan fingerprint density at radius 3 is 2.46 bits per heavy atom. The van der Waals surface area contributed by atoms with Crippen LogP contribution in [0.1, 0.15) is 22.7 Å². The fraction of sp³-hybridized carbons (Fsp3) is 0.158. The van der Waals surface area contributed by atoms with Gasteiger partial charge in [-0.05, 0) is 36.4 Å². The molecular weight excluding hydrogens is 334 g/mol. The number of benzene rings is 2. The van der Waals surface area contributed by atoms with Crippen LogP contribution in [0.15, 0.2) is 59.0 Å². The van der Waals surface area contributed by atoms with Gasteiger partial charge in [-0.3, -0.25) is 4.79 Å². The molecule has 1 aromatic heterocycles. The number of hydrogen-bond donors (Lipinski definition) is 1. The number of esters is 1. The van der Waals surface area contributed by atoms with Crippen LogP contribution < -0.4 is 5.32 Å². The molecule has 3 aromatic rings. The van der Waals surface area contributed by atoms with Gasteiger partial charge >= 0.3 is 5.97 Å². The first kappa shape index (κ1) is 17.3. The Hall–Kier alpha value is -3.48. The molecule has 0 spiro atoms. The lowest BCUT2D eigenvalue weighted by molar-refractivity contribution is -0.116. The molecule has 0 aliphatic heterocycles. The van der Waals surface area contributed by atoms with Crippen molar-refractivity contribution in [3.05, 3.63) is 66.1 Å². The topological polar surface area (TPSA) is 94.3 Å². The molecule has 0 aliphatic rings. The number of aromatic nitrogens is 2. The molecule has 0 fully saturated rings. The van der Waals surface area contributed by atoms with E-state index in [0.717, 1.165) is 5.56 Å². The molecule has 0 saturated heterocycles. The number of anilines is 1. The van der Waals surface area contributed by atoms with Crippen molar-refractivity contribution < 1.29 is 18.7 Å². The van der Waals surface area contributed by atoms with Gasteiger partial charge in [-0.25, -0.2) is 4.79 Å². The van der Waals surface area contributed by atoms with Crippen LogP contribution in [0.4, 0.5) is 5.69 Å². The highest BCUT2D eigenvalue weighted by Gasteiger charge is 2.11. The first-order valence-corrected chi connectivity index (χ1v) is 8.02. The summed E-state index contributed by atoms with van der Waals surface area (Å²) in [7, 11) is 1.32. The Kier molecular flexibility index (Phi) is 5.38. The average molecular weight is 351 g/mol. The van der Waals surface area contributed by atoms with Crippen LogP contribution in [0.25, 0.3) is 11.5 Å². The van der Waals surface area contributed by atoms with E-state index in [1.807, 2.05) is 30.3 Å². The van der Waals surface area contributed by atoms with E-state index < -0.39 is 5.97 Å². The van der Waals surface area contributed by atoms with Crippen molar-refractivity contribution in [1.29, 1.82) is 0 Å². The van der Waals surface area contributed by atoms with Gasteiger partial charge in [0.15, 0.2) is 0 Å². The van der Waals surface area contributed by atoms with Gasteiger partial charge in [0.25, 0.3) is 0 Å². The maximum atomic E-state index is 12.0. The second kappa shape index (κ2) is 8.06. The van der Waals surface area contributed by atoms with Crippen molar-refractivity contribution in [3.63, 3.8) is 0 Å². The number of methoxy groups -OCH3 is 1. The summed E-state index contributed by atoms with van der Waals surface area (Å²) in [5.74, 6) is 0.225. The van der Waals surface area contributed by atoms with Crippen LogP contribution in [0, 0.1) is 0 Å². The van der Waals surface area contributed by atoms with Crippen LogP contribution >= 0.6 is 0 Å². The zero-order chi connectivity index (χ0) is 18.4. The number of ether oxygens (including phenoxy) is 1. The van der Waals surface area contributed by atoms with E-state index >= 15 is 0 Å². The zero-order valence-corrected chi connectivity index (χ0v) is 14.1. The summed E-state index contributed by atoms with van der Waals surface area (Å²) in [6.07, 6.45) is 0.543. The van der Waals surface area contributed by atoms with Crippen LogP contribution in [0.5, 0.6) is 0 Å². The van der Waals surface area contributed by atoms with Crippen LogP contribution in [-0.2, 0) is 16.0 Å². The Morgan fingerprint density at radius 1 is 1.04 bits per heavy atom. The summed E-state index contributed by atoms with van der Waals surface area (Å²) in [5.41, 5.74) is 1.85. The van der Waals surface area contributed by atoms with Gasteiger partial charge in [0, 0.05) is 24.1 Å². The fourth-order valence-electron chi connectivity index (χ4n) is 2.30. The molecule has 0 aliphatic carbocycles. The van der Waals surface area contributed by atoms with Gasteiger partial charge in [-0.1, -0.05) is 18.2 Å². The highest BCUT2D eigenvalue weighted by atomic mass is 16.5. The first-order chi connectivity index (χ1) is 12.7. The Balaban J connectivity index is 1.53. The molecule has 0 unspecified atom stereocenters. The molecule has 1 heterocycles. The molecule has 0 bridgehead atoms. The minimum absolute atomic E-state index is 0.185. The summed E-state index contributed by atoms with van der Waals surface area (Å²) in [4.78, 5) is 23.4. The third-order valence-corrected chi connectivity index (χ3v) is 3.64. The predicted molar refractivity (Wildman–Crippen MR) is 94.5 cm³/mol. The van der Waals surface area contributed by atoms with Gasteiger partial charge in [0.1, 0.15) is 0 Å². The van der Waals surface area contributed by atoms with E-state index in [9.17, 15) is 9.59 Å². The number of carbonyl (C=O) groups excluding carboxylic acids is 2. The smallest absolute Gasteiger partial charge is 0.337 e. The molecule has 26 heavy (non-hydrogen) atoms. The number of aryl methyl sites for hydroxylation is 1. The lowest BCUT2D eigenvalue weighted by atomic mass is 10.2. The second-order valence-electron chi connectivity index (χ2n) is 5.48. The fourth-order valence-corrected chi connectivity index (χ4v) is 2.30. The first-order valence-electron chi connectivity index (χ1n) is 8.02. The molecule has 2 aromatic carbocycles. The minimum Gasteiger partial charge on any atom is -0.465 e. The third kappa shape index (κ3) is 4.32. The van der Waals surface area contributed by atoms with Crippen LogP contribution in [0.3, 0.4) is 0 Å². The molecule has 0 radical (unpaired) electrons. The van der Waals surface area contributed by atoms with Crippen LogP contribution in [0.2, 0.25) is 0 Å². The maximum absolute atomic E-state index is 12.0. The monoisotopic (exact) mass is 351 g/mol. The van der Waals surface area contributed by atoms with Crippen molar-refractivity contribution in [2.24, 2.45) is 0 Å². The summed E-state index contributed by atoms with van der Waals surface area (Å²) >= 11 is 0. The molecule has 7 heteroatoms. The highest BCUT2D eigenvalue weighted by Crippen LogP contribution is 2.17. The van der Waals surface area contributed by atoms with Crippen molar-refractivity contribution in [2.75, 3.05) is 12.4 Å². The van der Waals surface area contributed by atoms with Crippen molar-refractivity contribution in [1.82, 2.24) is 10.2 Å². The number of hydrogen-bond acceptors (Lipinski definition) is 6. The maximum Gasteiger partial charge on any atom is 0.337 e. The lowest BCUT2D eigenvalue weighted by Gasteiger charge is -2.05. The zero-order valence-electron chi connectivity index (χ0n) is 14.1. The summed E-state index contributed by atoms with van der Waals surface area (Å²) in [6.45, 7) is 0. The van der Waals surface area contributed by atoms with Crippen molar-refractivity contribution in [2.45, 2.75) is 12.8 Å². The van der Waals surface area contributed by atoms with Gasteiger partial charge in [-0.15, -0.1) is 10.2 Å². The van der Waals surface area contributed by atoms with Crippen molar-refractivity contribution >= 4 is 17.6 Å². The number of carbonyl (C=O) groups is 2. The average Bonchev–Trinajstić information content (AvgIpc) is 3.16. The third-order valence-electron chi connectivity index (χ3n) is 3.64.